The number of furan rings is 1. The van der Waals surface area contributed by atoms with Crippen LogP contribution in [0.5, 0.6) is 0 Å². The molecular formula is C17H20N2O4. The summed E-state index contributed by atoms with van der Waals surface area (Å²) in [7, 11) is 0. The summed E-state index contributed by atoms with van der Waals surface area (Å²) >= 11 is 0. The summed E-state index contributed by atoms with van der Waals surface area (Å²) in [6.45, 7) is 2.00. The van der Waals surface area contributed by atoms with Gasteiger partial charge in [0.1, 0.15) is 0 Å². The van der Waals surface area contributed by atoms with Gasteiger partial charge in [0.15, 0.2) is 0 Å². The summed E-state index contributed by atoms with van der Waals surface area (Å²) in [6.07, 6.45) is 2.48. The Kier molecular flexibility index (Phi) is 5.94. The van der Waals surface area contributed by atoms with Gasteiger partial charge in [0, 0.05) is 12.1 Å². The van der Waals surface area contributed by atoms with Gasteiger partial charge in [-0.1, -0.05) is 30.3 Å². The molecule has 0 bridgehead atoms. The standard InChI is InChI=1S/C17H20N2O4/c1-12(13-5-3-2-4-6-13)19-17(22)16(21)18-9-7-15(20)14-8-10-23-11-14/h2-6,8,10-12,15,20H,7,9H2,1H3,(H,18,21)(H,19,22)/t12-,15+/m1/s1. The van der Waals surface area contributed by atoms with E-state index in [1.165, 1.54) is 12.5 Å². The first-order valence-electron chi connectivity index (χ1n) is 7.41. The number of nitrogens with one attached hydrogen (secondary N) is 2. The van der Waals surface area contributed by atoms with E-state index in [-0.39, 0.29) is 12.6 Å². The summed E-state index contributed by atoms with van der Waals surface area (Å²) in [5, 5.41) is 15.0. The molecule has 0 radical (unpaired) electrons. The first kappa shape index (κ1) is 16.8. The average molecular weight is 316 g/mol. The molecule has 3 N–H and O–H groups in total. The highest BCUT2D eigenvalue weighted by atomic mass is 16.3. The van der Waals surface area contributed by atoms with E-state index >= 15 is 0 Å². The highest BCUT2D eigenvalue weighted by Crippen LogP contribution is 2.15. The molecular weight excluding hydrogens is 296 g/mol. The second kappa shape index (κ2) is 8.14. The Labute approximate surface area is 134 Å². The van der Waals surface area contributed by atoms with Crippen LogP contribution in [0.25, 0.3) is 0 Å². The molecule has 1 aromatic heterocycles. The zero-order valence-corrected chi connectivity index (χ0v) is 12.9. The molecule has 1 aromatic carbocycles. The Morgan fingerprint density at radius 1 is 1.13 bits per heavy atom. The maximum absolute atomic E-state index is 11.8. The quantitative estimate of drug-likeness (QED) is 0.707. The van der Waals surface area contributed by atoms with Crippen molar-refractivity contribution >= 4 is 11.8 Å². The third-order valence-electron chi connectivity index (χ3n) is 3.48. The predicted molar refractivity (Wildman–Crippen MR) is 84.3 cm³/mol. The normalized spacial score (nSPS) is 13.1. The minimum atomic E-state index is -0.736. The molecule has 1 heterocycles. The fourth-order valence-electron chi connectivity index (χ4n) is 2.12. The van der Waals surface area contributed by atoms with Crippen molar-refractivity contribution in [1.29, 1.82) is 0 Å². The van der Waals surface area contributed by atoms with Crippen LogP contribution in [0.4, 0.5) is 0 Å². The van der Waals surface area contributed by atoms with Crippen LogP contribution >= 0.6 is 0 Å². The summed E-state index contributed by atoms with van der Waals surface area (Å²) in [4.78, 5) is 23.6. The number of carbonyl (C=O) groups excluding carboxylic acids is 2. The van der Waals surface area contributed by atoms with Crippen molar-refractivity contribution in [2.45, 2.75) is 25.5 Å². The number of amides is 2. The third kappa shape index (κ3) is 4.96. The van der Waals surface area contributed by atoms with Crippen LogP contribution in [0.3, 0.4) is 0 Å². The molecule has 0 aliphatic heterocycles. The molecule has 0 saturated heterocycles. The van der Waals surface area contributed by atoms with Gasteiger partial charge in [-0.25, -0.2) is 0 Å². The van der Waals surface area contributed by atoms with E-state index in [9.17, 15) is 14.7 Å². The van der Waals surface area contributed by atoms with Gasteiger partial charge in [0.05, 0.1) is 24.7 Å². The van der Waals surface area contributed by atoms with Crippen molar-refractivity contribution in [3.05, 3.63) is 60.1 Å². The highest BCUT2D eigenvalue weighted by Gasteiger charge is 2.17. The molecule has 122 valence electrons. The van der Waals surface area contributed by atoms with Gasteiger partial charge in [-0.3, -0.25) is 9.59 Å². The van der Waals surface area contributed by atoms with Crippen molar-refractivity contribution < 1.29 is 19.1 Å². The largest absolute Gasteiger partial charge is 0.472 e. The van der Waals surface area contributed by atoms with Crippen LogP contribution in [0.1, 0.15) is 36.6 Å². The Morgan fingerprint density at radius 3 is 2.52 bits per heavy atom. The molecule has 2 aromatic rings. The minimum absolute atomic E-state index is 0.193. The SMILES string of the molecule is C[C@@H](NC(=O)C(=O)NCC[C@H](O)c1ccoc1)c1ccccc1. The lowest BCUT2D eigenvalue weighted by atomic mass is 10.1. The molecule has 6 nitrogen and oxygen atoms in total. The monoisotopic (exact) mass is 316 g/mol. The topological polar surface area (TPSA) is 91.6 Å². The van der Waals surface area contributed by atoms with Crippen molar-refractivity contribution in [2.24, 2.45) is 0 Å². The van der Waals surface area contributed by atoms with Gasteiger partial charge in [-0.15, -0.1) is 0 Å². The van der Waals surface area contributed by atoms with E-state index in [4.69, 9.17) is 4.42 Å². The molecule has 23 heavy (non-hydrogen) atoms. The summed E-state index contributed by atoms with van der Waals surface area (Å²) in [6, 6.07) is 10.8. The van der Waals surface area contributed by atoms with Gasteiger partial charge >= 0.3 is 11.8 Å². The number of aliphatic hydroxyl groups excluding tert-OH is 1. The molecule has 0 fully saturated rings. The summed E-state index contributed by atoms with van der Waals surface area (Å²) in [5.41, 5.74) is 1.56. The Balaban J connectivity index is 1.74. The van der Waals surface area contributed by atoms with Crippen LogP contribution in [-0.4, -0.2) is 23.5 Å². The van der Waals surface area contributed by atoms with Crippen molar-refractivity contribution in [3.63, 3.8) is 0 Å². The number of rotatable bonds is 6. The van der Waals surface area contributed by atoms with Crippen molar-refractivity contribution in [3.8, 4) is 0 Å². The third-order valence-corrected chi connectivity index (χ3v) is 3.48. The number of hydrogen-bond donors (Lipinski definition) is 3. The first-order valence-corrected chi connectivity index (χ1v) is 7.41. The van der Waals surface area contributed by atoms with Gasteiger partial charge in [-0.2, -0.15) is 0 Å². The van der Waals surface area contributed by atoms with Crippen molar-refractivity contribution in [1.82, 2.24) is 10.6 Å². The van der Waals surface area contributed by atoms with Crippen LogP contribution in [-0.2, 0) is 9.59 Å². The lowest BCUT2D eigenvalue weighted by Crippen LogP contribution is -2.41. The molecule has 0 aliphatic carbocycles. The lowest BCUT2D eigenvalue weighted by molar-refractivity contribution is -0.139. The smallest absolute Gasteiger partial charge is 0.309 e. The van der Waals surface area contributed by atoms with Gasteiger partial charge < -0.3 is 20.2 Å². The second-order valence-corrected chi connectivity index (χ2v) is 5.22. The number of hydrogen-bond acceptors (Lipinski definition) is 4. The maximum Gasteiger partial charge on any atom is 0.309 e. The fourth-order valence-corrected chi connectivity index (χ4v) is 2.12. The van der Waals surface area contributed by atoms with Gasteiger partial charge in [0.25, 0.3) is 0 Å². The zero-order valence-electron chi connectivity index (χ0n) is 12.9. The van der Waals surface area contributed by atoms with Crippen LogP contribution < -0.4 is 10.6 Å². The van der Waals surface area contributed by atoms with E-state index in [1.54, 1.807) is 6.07 Å². The van der Waals surface area contributed by atoms with Crippen molar-refractivity contribution in [2.75, 3.05) is 6.54 Å². The highest BCUT2D eigenvalue weighted by molar-refractivity contribution is 6.35. The number of carbonyl (C=O) groups is 2. The minimum Gasteiger partial charge on any atom is -0.472 e. The fraction of sp³-hybridized carbons (Fsp3) is 0.294. The summed E-state index contributed by atoms with van der Waals surface area (Å²) in [5.74, 6) is -1.41. The zero-order chi connectivity index (χ0) is 16.7. The average Bonchev–Trinajstić information content (AvgIpc) is 3.10. The van der Waals surface area contributed by atoms with Crippen LogP contribution in [0.15, 0.2) is 53.3 Å². The van der Waals surface area contributed by atoms with Gasteiger partial charge in [-0.05, 0) is 25.0 Å². The van der Waals surface area contributed by atoms with E-state index in [1.807, 2.05) is 37.3 Å². The first-order chi connectivity index (χ1) is 11.1. The molecule has 6 heteroatoms. The molecule has 0 aliphatic rings. The molecule has 2 amide bonds. The molecule has 0 unspecified atom stereocenters. The summed E-state index contributed by atoms with van der Waals surface area (Å²) < 4.78 is 4.88. The lowest BCUT2D eigenvalue weighted by Gasteiger charge is -2.14. The Hall–Kier alpha value is -2.60. The number of aliphatic hydroxyl groups is 1. The van der Waals surface area contributed by atoms with E-state index in [2.05, 4.69) is 10.6 Å². The molecule has 0 saturated carbocycles. The van der Waals surface area contributed by atoms with Gasteiger partial charge in [0.2, 0.25) is 0 Å². The van der Waals surface area contributed by atoms with E-state index < -0.39 is 17.9 Å². The molecule has 2 rings (SSSR count). The molecule has 0 spiro atoms. The maximum atomic E-state index is 11.8. The van der Waals surface area contributed by atoms with Crippen LogP contribution in [0, 0.1) is 0 Å². The van der Waals surface area contributed by atoms with E-state index in [0.29, 0.717) is 12.0 Å². The molecule has 2 atom stereocenters. The van der Waals surface area contributed by atoms with Crippen LogP contribution in [0.2, 0.25) is 0 Å². The Bertz CT molecular complexity index is 625. The second-order valence-electron chi connectivity index (χ2n) is 5.22. The predicted octanol–water partition coefficient (Wildman–Crippen LogP) is 1.70. The number of benzene rings is 1. The van der Waals surface area contributed by atoms with E-state index in [0.717, 1.165) is 5.56 Å². The Morgan fingerprint density at radius 2 is 1.87 bits per heavy atom.